The second-order valence-corrected chi connectivity index (χ2v) is 9.02. The molecule has 0 saturated carbocycles. The van der Waals surface area contributed by atoms with Crippen molar-refractivity contribution in [3.8, 4) is 17.2 Å². The van der Waals surface area contributed by atoms with E-state index in [-0.39, 0.29) is 16.3 Å². The number of hydrogen-bond donors (Lipinski definition) is 1. The maximum absolute atomic E-state index is 13.6. The van der Waals surface area contributed by atoms with Crippen LogP contribution >= 0.6 is 0 Å². The monoisotopic (exact) mass is 497 g/mol. The highest BCUT2D eigenvalue weighted by molar-refractivity contribution is 7.92. The summed E-state index contributed by atoms with van der Waals surface area (Å²) in [5.74, 6) is 0.593. The Labute approximate surface area is 205 Å². The Hall–Kier alpha value is -4.05. The Bertz CT molecular complexity index is 1260. The van der Waals surface area contributed by atoms with Crippen LogP contribution in [0.1, 0.15) is 12.5 Å². The van der Waals surface area contributed by atoms with Crippen LogP contribution < -0.4 is 23.9 Å². The first-order chi connectivity index (χ1) is 16.9. The largest absolute Gasteiger partial charge is 0.494 e. The molecular weight excluding hydrogens is 470 g/mol. The predicted octanol–water partition coefficient (Wildman–Crippen LogP) is 3.45. The number of amides is 1. The van der Waals surface area contributed by atoms with Gasteiger partial charge in [0.1, 0.15) is 12.3 Å². The molecule has 0 spiro atoms. The molecule has 0 aliphatic heterocycles. The van der Waals surface area contributed by atoms with Crippen LogP contribution in [-0.4, -0.2) is 47.9 Å². The maximum Gasteiger partial charge on any atom is 0.264 e. The average Bonchev–Trinajstić information content (AvgIpc) is 2.88. The zero-order valence-electron chi connectivity index (χ0n) is 19.7. The van der Waals surface area contributed by atoms with E-state index in [2.05, 4.69) is 10.5 Å². The summed E-state index contributed by atoms with van der Waals surface area (Å²) >= 11 is 0. The van der Waals surface area contributed by atoms with Gasteiger partial charge in [0.05, 0.1) is 37.6 Å². The number of carbonyl (C=O) groups is 1. The minimum atomic E-state index is -4.16. The van der Waals surface area contributed by atoms with Crippen molar-refractivity contribution >= 4 is 27.8 Å². The molecule has 0 aromatic heterocycles. The van der Waals surface area contributed by atoms with Crippen molar-refractivity contribution in [3.63, 3.8) is 0 Å². The van der Waals surface area contributed by atoms with Crippen molar-refractivity contribution < 1.29 is 27.4 Å². The lowest BCUT2D eigenvalue weighted by molar-refractivity contribution is -0.119. The van der Waals surface area contributed by atoms with Gasteiger partial charge in [-0.1, -0.05) is 30.3 Å². The molecular formula is C25H27N3O6S. The SMILES string of the molecule is CCOc1ccc(N(CC(=O)N/N=C\c2ccccc2)S(=O)(=O)c2ccc(OC)c(OC)c2)cc1. The molecule has 0 aliphatic carbocycles. The van der Waals surface area contributed by atoms with E-state index in [1.165, 1.54) is 38.6 Å². The third-order valence-corrected chi connectivity index (χ3v) is 6.64. The lowest BCUT2D eigenvalue weighted by atomic mass is 10.2. The molecule has 1 amide bonds. The second-order valence-electron chi connectivity index (χ2n) is 7.16. The van der Waals surface area contributed by atoms with E-state index in [9.17, 15) is 13.2 Å². The molecule has 184 valence electrons. The van der Waals surface area contributed by atoms with Crippen molar-refractivity contribution in [1.82, 2.24) is 5.43 Å². The smallest absolute Gasteiger partial charge is 0.264 e. The lowest BCUT2D eigenvalue weighted by Crippen LogP contribution is -2.39. The fourth-order valence-corrected chi connectivity index (χ4v) is 4.62. The fourth-order valence-electron chi connectivity index (χ4n) is 3.18. The van der Waals surface area contributed by atoms with E-state index in [0.717, 1.165) is 9.87 Å². The number of nitrogens with one attached hydrogen (secondary N) is 1. The molecule has 0 fully saturated rings. The zero-order chi connectivity index (χ0) is 25.3. The van der Waals surface area contributed by atoms with Gasteiger partial charge in [0, 0.05) is 6.07 Å². The first kappa shape index (κ1) is 25.6. The Kier molecular flexibility index (Phi) is 8.69. The Morgan fingerprint density at radius 3 is 2.29 bits per heavy atom. The Balaban J connectivity index is 1.91. The number of benzene rings is 3. The molecule has 0 unspecified atom stereocenters. The normalized spacial score (nSPS) is 11.2. The number of sulfonamides is 1. The minimum absolute atomic E-state index is 0.0652. The molecule has 0 atom stereocenters. The first-order valence-corrected chi connectivity index (χ1v) is 12.2. The van der Waals surface area contributed by atoms with E-state index < -0.39 is 22.5 Å². The van der Waals surface area contributed by atoms with E-state index in [4.69, 9.17) is 14.2 Å². The van der Waals surface area contributed by atoms with Crippen molar-refractivity contribution in [2.75, 3.05) is 31.7 Å². The Morgan fingerprint density at radius 2 is 1.66 bits per heavy atom. The van der Waals surface area contributed by atoms with Gasteiger partial charge in [0.2, 0.25) is 0 Å². The molecule has 0 aliphatic rings. The molecule has 0 heterocycles. The number of ether oxygens (including phenoxy) is 3. The van der Waals surface area contributed by atoms with Crippen LogP contribution in [0.25, 0.3) is 0 Å². The van der Waals surface area contributed by atoms with Gasteiger partial charge in [-0.2, -0.15) is 5.10 Å². The van der Waals surface area contributed by atoms with E-state index in [1.54, 1.807) is 24.3 Å². The fraction of sp³-hybridized carbons (Fsp3) is 0.200. The second kappa shape index (κ2) is 11.9. The summed E-state index contributed by atoms with van der Waals surface area (Å²) < 4.78 is 44.1. The van der Waals surface area contributed by atoms with Gasteiger partial charge in [-0.25, -0.2) is 13.8 Å². The third-order valence-electron chi connectivity index (χ3n) is 4.87. The molecule has 3 aromatic rings. The van der Waals surface area contributed by atoms with Gasteiger partial charge < -0.3 is 14.2 Å². The lowest BCUT2D eigenvalue weighted by Gasteiger charge is -2.24. The summed E-state index contributed by atoms with van der Waals surface area (Å²) in [6.07, 6.45) is 1.47. The number of methoxy groups -OCH3 is 2. The summed E-state index contributed by atoms with van der Waals surface area (Å²) in [7, 11) is -1.29. The first-order valence-electron chi connectivity index (χ1n) is 10.7. The number of hydrogen-bond acceptors (Lipinski definition) is 7. The quantitative estimate of drug-likeness (QED) is 0.321. The van der Waals surface area contributed by atoms with Gasteiger partial charge in [-0.15, -0.1) is 0 Å². The van der Waals surface area contributed by atoms with Crippen molar-refractivity contribution in [1.29, 1.82) is 0 Å². The zero-order valence-corrected chi connectivity index (χ0v) is 20.5. The van der Waals surface area contributed by atoms with Crippen LogP contribution in [0.3, 0.4) is 0 Å². The highest BCUT2D eigenvalue weighted by Crippen LogP contribution is 2.32. The van der Waals surface area contributed by atoms with Crippen molar-refractivity contribution in [2.45, 2.75) is 11.8 Å². The van der Waals surface area contributed by atoms with Crippen molar-refractivity contribution in [2.24, 2.45) is 5.10 Å². The van der Waals surface area contributed by atoms with Gasteiger partial charge in [-0.05, 0) is 48.9 Å². The van der Waals surface area contributed by atoms with Gasteiger partial charge in [-0.3, -0.25) is 9.10 Å². The number of carbonyl (C=O) groups excluding carboxylic acids is 1. The molecule has 1 N–H and O–H groups in total. The van der Waals surface area contributed by atoms with Crippen LogP contribution in [0.15, 0.2) is 82.8 Å². The maximum atomic E-state index is 13.6. The van der Waals surface area contributed by atoms with Gasteiger partial charge >= 0.3 is 0 Å². The molecule has 35 heavy (non-hydrogen) atoms. The standard InChI is InChI=1S/C25H27N3O6S/c1-4-34-21-12-10-20(11-13-21)28(18-25(29)27-26-17-19-8-6-5-7-9-19)35(30,31)22-14-15-23(32-2)24(16-22)33-3/h5-17H,4,18H2,1-3H3,(H,27,29)/b26-17-. The van der Waals surface area contributed by atoms with E-state index in [0.29, 0.717) is 18.1 Å². The Morgan fingerprint density at radius 1 is 0.971 bits per heavy atom. The van der Waals surface area contributed by atoms with E-state index in [1.807, 2.05) is 37.3 Å². The minimum Gasteiger partial charge on any atom is -0.494 e. The highest BCUT2D eigenvalue weighted by atomic mass is 32.2. The summed E-state index contributed by atoms with van der Waals surface area (Å²) in [6, 6.07) is 19.9. The van der Waals surface area contributed by atoms with Crippen LogP contribution in [0, 0.1) is 0 Å². The van der Waals surface area contributed by atoms with Crippen LogP contribution in [0.2, 0.25) is 0 Å². The predicted molar refractivity (Wildman–Crippen MR) is 134 cm³/mol. The average molecular weight is 498 g/mol. The van der Waals surface area contributed by atoms with E-state index >= 15 is 0 Å². The number of anilines is 1. The van der Waals surface area contributed by atoms with Gasteiger partial charge in [0.15, 0.2) is 11.5 Å². The molecule has 0 radical (unpaired) electrons. The number of rotatable bonds is 11. The molecule has 0 bridgehead atoms. The molecule has 0 saturated heterocycles. The third kappa shape index (κ3) is 6.51. The summed E-state index contributed by atoms with van der Waals surface area (Å²) in [6.45, 7) is 1.81. The van der Waals surface area contributed by atoms with Crippen molar-refractivity contribution in [3.05, 3.63) is 78.4 Å². The molecule has 3 aromatic carbocycles. The van der Waals surface area contributed by atoms with Crippen LogP contribution in [-0.2, 0) is 14.8 Å². The summed E-state index contributed by atoms with van der Waals surface area (Å²) in [4.78, 5) is 12.6. The number of nitrogens with zero attached hydrogens (tertiary/aromatic N) is 2. The molecule has 10 heteroatoms. The van der Waals surface area contributed by atoms with Crippen LogP contribution in [0.5, 0.6) is 17.2 Å². The highest BCUT2D eigenvalue weighted by Gasteiger charge is 2.28. The number of hydrazone groups is 1. The van der Waals surface area contributed by atoms with Gasteiger partial charge in [0.25, 0.3) is 15.9 Å². The summed E-state index contributed by atoms with van der Waals surface area (Å²) in [5.41, 5.74) is 3.45. The molecule has 3 rings (SSSR count). The molecule has 9 nitrogen and oxygen atoms in total. The summed E-state index contributed by atoms with van der Waals surface area (Å²) in [5, 5.41) is 3.93. The topological polar surface area (TPSA) is 107 Å². The van der Waals surface area contributed by atoms with Crippen LogP contribution in [0.4, 0.5) is 5.69 Å².